The van der Waals surface area contributed by atoms with Gasteiger partial charge in [0.25, 0.3) is 5.91 Å². The highest BCUT2D eigenvalue weighted by Gasteiger charge is 2.76. The lowest BCUT2D eigenvalue weighted by molar-refractivity contribution is -0.688. The summed E-state index contributed by atoms with van der Waals surface area (Å²) in [6.07, 6.45) is 21.6. The molecule has 0 radical (unpaired) electrons. The van der Waals surface area contributed by atoms with E-state index in [9.17, 15) is 34.4 Å². The molecule has 4 saturated carbocycles. The molecule has 11 atom stereocenters. The van der Waals surface area contributed by atoms with Crippen LogP contribution in [0.15, 0.2) is 96.9 Å². The first-order valence-corrected chi connectivity index (χ1v) is 31.5. The molecule has 7 aliphatic rings. The molecule has 444 valence electrons. The van der Waals surface area contributed by atoms with Gasteiger partial charge in [-0.05, 0) is 143 Å². The molecule has 4 unspecified atom stereocenters. The fraction of sp³-hybridized carbons (Fsp3) is 0.609. The van der Waals surface area contributed by atoms with E-state index < -0.39 is 74.2 Å². The highest BCUT2D eigenvalue weighted by molar-refractivity contribution is 7.39. The van der Waals surface area contributed by atoms with Crippen molar-refractivity contribution in [2.24, 2.45) is 34.5 Å². The number of aryl methyl sites for hydroxylation is 1. The molecule has 10 rings (SSSR count). The Morgan fingerprint density at radius 2 is 1.72 bits per heavy atom. The second kappa shape index (κ2) is 27.1. The number of Topliss-reactive ketones (excluding diaryl/α,β-unsaturated/α-hetero) is 1. The number of ketones is 2. The minimum Gasteiger partial charge on any atom is -0.456 e. The molecule has 17 nitrogen and oxygen atoms in total. The lowest BCUT2D eigenvalue weighted by Gasteiger charge is -2.59. The van der Waals surface area contributed by atoms with Crippen molar-refractivity contribution in [3.8, 4) is 5.75 Å². The third kappa shape index (κ3) is 13.0. The van der Waals surface area contributed by atoms with Crippen LogP contribution in [-0.4, -0.2) is 118 Å². The number of benzene rings is 2. The topological polar surface area (TPSA) is 224 Å². The molecule has 1 amide bonds. The average Bonchev–Trinajstić information content (AvgIpc) is 1.81. The van der Waals surface area contributed by atoms with Crippen LogP contribution in [0.1, 0.15) is 156 Å². The number of hydrogen-bond acceptors (Lipinski definition) is 15. The van der Waals surface area contributed by atoms with Crippen LogP contribution < -0.4 is 14.8 Å². The van der Waals surface area contributed by atoms with Crippen molar-refractivity contribution in [1.82, 2.24) is 10.2 Å². The zero-order valence-corrected chi connectivity index (χ0v) is 48.6. The molecule has 2 aromatic carbocycles. The Bertz CT molecular complexity index is 2770. The number of aliphatic hydroxyl groups is 2. The van der Waals surface area contributed by atoms with Gasteiger partial charge in [-0.25, -0.2) is 4.79 Å². The zero-order chi connectivity index (χ0) is 57.4. The van der Waals surface area contributed by atoms with E-state index >= 15 is 4.79 Å². The van der Waals surface area contributed by atoms with Gasteiger partial charge >= 0.3 is 14.6 Å². The van der Waals surface area contributed by atoms with Gasteiger partial charge in [-0.1, -0.05) is 94.0 Å². The number of carbonyl (C=O) groups excluding carboxylic acids is 4. The standard InChI is InChI=1S/C64H85N3O14P/c1-62-29-28-49(68)36-48(62)25-26-50-51-37-57-64(63(51,2)38-53(69)58(50)62,79-61(78-57)44-20-9-6-10-21-44)56(71)42-77-60(73)52-23-16-32-67(52)59(72)46-22-15-31-66(40-46)41-47-35-45(24-27-55(47)80-81-82(74)75)54(70)39-65-30-12-3-4-13-33-76-34-14-11-19-43-17-7-5-8-18-43/h5,7-8,15,17-18,22,24,27-29,31,35-36,40,44,50-54,57-58,61,65,69-70,74-75H,3-4,6,9-14,16,19-21,23,25-26,30,32-34,37-39,41-42H2,1-2H3/q+1/t50?,51?,52-,53-,54?,57+,58?,61+,62-,63-,64+/m0/s1. The van der Waals surface area contributed by atoms with Crippen molar-refractivity contribution in [2.45, 2.75) is 172 Å². The van der Waals surface area contributed by atoms with Crippen LogP contribution >= 0.6 is 8.60 Å². The van der Waals surface area contributed by atoms with Crippen LogP contribution in [-0.2, 0) is 51.0 Å². The van der Waals surface area contributed by atoms with Gasteiger partial charge in [0.15, 0.2) is 49.0 Å². The molecule has 3 aromatic rings. The first kappa shape index (κ1) is 60.3. The largest absolute Gasteiger partial charge is 0.456 e. The van der Waals surface area contributed by atoms with E-state index in [-0.39, 0.29) is 54.0 Å². The van der Waals surface area contributed by atoms with Crippen molar-refractivity contribution in [3.05, 3.63) is 119 Å². The predicted molar refractivity (Wildman–Crippen MR) is 304 cm³/mol. The number of rotatable bonds is 26. The van der Waals surface area contributed by atoms with Crippen LogP contribution in [0.25, 0.3) is 0 Å². The molecule has 3 heterocycles. The van der Waals surface area contributed by atoms with Crippen LogP contribution in [0.5, 0.6) is 5.75 Å². The van der Waals surface area contributed by atoms with Gasteiger partial charge in [0.05, 0.1) is 23.9 Å². The molecule has 2 aliphatic heterocycles. The number of nitrogens with zero attached hydrogens (tertiary/aromatic N) is 2. The molecule has 5 aliphatic carbocycles. The van der Waals surface area contributed by atoms with E-state index in [0.717, 1.165) is 115 Å². The number of nitrogens with one attached hydrogen (secondary N) is 1. The number of aliphatic hydroxyl groups excluding tert-OH is 2. The van der Waals surface area contributed by atoms with Crippen LogP contribution in [0, 0.1) is 34.5 Å². The Kier molecular flexibility index (Phi) is 19.9. The molecule has 2 saturated heterocycles. The summed E-state index contributed by atoms with van der Waals surface area (Å²) >= 11 is 0. The van der Waals surface area contributed by atoms with Gasteiger partial charge in [0, 0.05) is 55.0 Å². The molecular weight excluding hydrogens is 1070 g/mol. The Morgan fingerprint density at radius 3 is 2.52 bits per heavy atom. The molecule has 18 heteroatoms. The van der Waals surface area contributed by atoms with Crippen LogP contribution in [0.2, 0.25) is 0 Å². The normalized spacial score (nSPS) is 29.9. The number of fused-ring (bicyclic) bond motifs is 7. The maximum atomic E-state index is 15.2. The SMILES string of the molecule is C[C@]12C=CC(=O)C=C1CCC1C2[C@@H](O)C[C@@]2(C)C1C[C@H]1O[C@@H](C3CCCCC3)O[C@]12C(=O)COC(=O)[C@@H]1CCCN1C(=O)c1ccc[n+](Cc2cc(C(O)CNCCCCCCOCCCCc3ccccc3)ccc2OOP(O)O)c1. The fourth-order valence-corrected chi connectivity index (χ4v) is 15.6. The number of unbranched alkanes of at least 4 members (excludes halogenated alkanes) is 4. The van der Waals surface area contributed by atoms with E-state index in [2.05, 4.69) is 43.4 Å². The molecule has 1 aromatic heterocycles. The first-order valence-electron chi connectivity index (χ1n) is 30.3. The number of aromatic nitrogens is 1. The van der Waals surface area contributed by atoms with Gasteiger partial charge in [0.2, 0.25) is 5.78 Å². The number of pyridine rings is 1. The lowest BCUT2D eigenvalue weighted by Crippen LogP contribution is -2.64. The first-order chi connectivity index (χ1) is 39.7. The van der Waals surface area contributed by atoms with Crippen molar-refractivity contribution < 1.29 is 72.3 Å². The van der Waals surface area contributed by atoms with E-state index in [4.69, 9.17) is 28.5 Å². The van der Waals surface area contributed by atoms with E-state index in [0.29, 0.717) is 49.0 Å². The predicted octanol–water partition coefficient (Wildman–Crippen LogP) is 8.43. The summed E-state index contributed by atoms with van der Waals surface area (Å²) in [5, 5.41) is 26.9. The Morgan fingerprint density at radius 1 is 0.927 bits per heavy atom. The molecule has 0 spiro atoms. The summed E-state index contributed by atoms with van der Waals surface area (Å²) in [7, 11) is -2.84. The Balaban J connectivity index is 0.744. The van der Waals surface area contributed by atoms with Crippen molar-refractivity contribution in [2.75, 3.05) is 39.5 Å². The monoisotopic (exact) mass is 1150 g/mol. The second-order valence-electron chi connectivity index (χ2n) is 24.6. The lowest BCUT2D eigenvalue weighted by atomic mass is 9.46. The quantitative estimate of drug-likeness (QED) is 0.0127. The number of ether oxygens (including phenoxy) is 4. The molecule has 6 fully saturated rings. The second-order valence-corrected chi connectivity index (χ2v) is 25.3. The number of carbonyl (C=O) groups is 4. The highest BCUT2D eigenvalue weighted by Crippen LogP contribution is 2.70. The maximum absolute atomic E-state index is 15.2. The number of hydrogen-bond donors (Lipinski definition) is 5. The molecular formula is C64H85N3O14P+. The average molecular weight is 1150 g/mol. The van der Waals surface area contributed by atoms with Crippen molar-refractivity contribution >= 4 is 32.0 Å². The Hall–Kier alpha value is -4.78. The van der Waals surface area contributed by atoms with E-state index in [1.165, 1.54) is 10.5 Å². The van der Waals surface area contributed by atoms with Gasteiger partial charge < -0.3 is 54.1 Å². The smallest absolute Gasteiger partial charge is 0.370 e. The number of esters is 1. The van der Waals surface area contributed by atoms with Crippen LogP contribution in [0.4, 0.5) is 0 Å². The third-order valence-corrected chi connectivity index (χ3v) is 19.7. The maximum Gasteiger partial charge on any atom is 0.370 e. The molecule has 5 N–H and O–H groups in total. The summed E-state index contributed by atoms with van der Waals surface area (Å²) in [6.45, 7) is 6.65. The summed E-state index contributed by atoms with van der Waals surface area (Å²) in [6, 6.07) is 18.0. The van der Waals surface area contributed by atoms with Gasteiger partial charge in [-0.3, -0.25) is 14.4 Å². The van der Waals surface area contributed by atoms with E-state index in [1.807, 2.05) is 12.1 Å². The molecule has 0 bridgehead atoms. The summed E-state index contributed by atoms with van der Waals surface area (Å²) in [4.78, 5) is 82.2. The molecule has 82 heavy (non-hydrogen) atoms. The van der Waals surface area contributed by atoms with Crippen LogP contribution in [0.3, 0.4) is 0 Å². The minimum absolute atomic E-state index is 0.0318. The van der Waals surface area contributed by atoms with E-state index in [1.54, 1.807) is 59.4 Å². The summed E-state index contributed by atoms with van der Waals surface area (Å²) < 4.78 is 32.3. The summed E-state index contributed by atoms with van der Waals surface area (Å²) in [5.41, 5.74) is 1.04. The van der Waals surface area contributed by atoms with Gasteiger partial charge in [-0.15, -0.1) is 4.67 Å². The number of likely N-dealkylation sites (tertiary alicyclic amines) is 1. The van der Waals surface area contributed by atoms with Crippen molar-refractivity contribution in [3.63, 3.8) is 0 Å². The zero-order valence-electron chi connectivity index (χ0n) is 47.7. The number of allylic oxidation sites excluding steroid dienone is 4. The number of amides is 1. The third-order valence-electron chi connectivity index (χ3n) is 19.5. The summed E-state index contributed by atoms with van der Waals surface area (Å²) in [5.74, 6) is -1.34. The minimum atomic E-state index is -2.84. The van der Waals surface area contributed by atoms with Gasteiger partial charge in [-0.2, -0.15) is 4.57 Å². The van der Waals surface area contributed by atoms with Crippen molar-refractivity contribution in [1.29, 1.82) is 0 Å². The van der Waals surface area contributed by atoms with Gasteiger partial charge in [0.1, 0.15) is 11.6 Å². The highest BCUT2D eigenvalue weighted by atomic mass is 31.2. The Labute approximate surface area is 483 Å². The fourth-order valence-electron chi connectivity index (χ4n) is 15.4.